The van der Waals surface area contributed by atoms with Crippen LogP contribution in [-0.2, 0) is 11.2 Å². The molecular weight excluding hydrogens is 377 g/mol. The molecule has 6 heteroatoms. The molecule has 0 radical (unpaired) electrons. The minimum atomic E-state index is -0.313. The fourth-order valence-electron chi connectivity index (χ4n) is 3.23. The van der Waals surface area contributed by atoms with Crippen LogP contribution in [-0.4, -0.2) is 21.6 Å². The summed E-state index contributed by atoms with van der Waals surface area (Å²) in [6.45, 7) is 0. The minimum absolute atomic E-state index is 0.137. The molecule has 1 aliphatic rings. The Balaban J connectivity index is 1.64. The normalized spacial score (nSPS) is 16.1. The van der Waals surface area contributed by atoms with E-state index in [4.69, 9.17) is 11.6 Å². The van der Waals surface area contributed by atoms with E-state index in [1.807, 2.05) is 30.3 Å². The van der Waals surface area contributed by atoms with Gasteiger partial charge in [-0.3, -0.25) is 9.78 Å². The molecule has 0 saturated carbocycles. The van der Waals surface area contributed by atoms with Gasteiger partial charge in [0.1, 0.15) is 5.82 Å². The molecule has 1 amide bonds. The van der Waals surface area contributed by atoms with Crippen LogP contribution < -0.4 is 0 Å². The zero-order chi connectivity index (χ0) is 19.5. The summed E-state index contributed by atoms with van der Waals surface area (Å²) in [4.78, 5) is 17.4. The summed E-state index contributed by atoms with van der Waals surface area (Å²) in [6, 6.07) is 18.6. The van der Waals surface area contributed by atoms with Gasteiger partial charge in [-0.1, -0.05) is 41.9 Å². The molecule has 1 aliphatic heterocycles. The summed E-state index contributed by atoms with van der Waals surface area (Å²) in [7, 11) is 0. The third-order valence-electron chi connectivity index (χ3n) is 4.65. The highest BCUT2D eigenvalue weighted by atomic mass is 35.5. The molecule has 0 spiro atoms. The quantitative estimate of drug-likeness (QED) is 0.639. The van der Waals surface area contributed by atoms with Gasteiger partial charge in [-0.2, -0.15) is 5.10 Å². The number of hydrogen-bond acceptors (Lipinski definition) is 3. The number of carbonyl (C=O) groups excluding carboxylic acids is 1. The van der Waals surface area contributed by atoms with Gasteiger partial charge in [0.15, 0.2) is 0 Å². The molecule has 28 heavy (non-hydrogen) atoms. The fraction of sp³-hybridized carbons (Fsp3) is 0.136. The average Bonchev–Trinajstić information content (AvgIpc) is 3.17. The molecule has 0 fully saturated rings. The molecule has 0 aliphatic carbocycles. The second kappa shape index (κ2) is 7.90. The third kappa shape index (κ3) is 3.94. The van der Waals surface area contributed by atoms with Crippen molar-refractivity contribution in [1.82, 2.24) is 9.99 Å². The highest BCUT2D eigenvalue weighted by Gasteiger charge is 2.33. The second-order valence-electron chi connectivity index (χ2n) is 6.57. The van der Waals surface area contributed by atoms with Crippen molar-refractivity contribution in [1.29, 1.82) is 0 Å². The Labute approximate surface area is 167 Å². The Kier molecular flexibility index (Phi) is 5.17. The van der Waals surface area contributed by atoms with Crippen molar-refractivity contribution >= 4 is 23.2 Å². The Morgan fingerprint density at radius 3 is 2.50 bits per heavy atom. The zero-order valence-corrected chi connectivity index (χ0v) is 15.7. The maximum atomic E-state index is 13.4. The Morgan fingerprint density at radius 2 is 1.82 bits per heavy atom. The van der Waals surface area contributed by atoms with E-state index in [2.05, 4.69) is 10.1 Å². The summed E-state index contributed by atoms with van der Waals surface area (Å²) < 4.78 is 13.4. The zero-order valence-electron chi connectivity index (χ0n) is 14.9. The van der Waals surface area contributed by atoms with E-state index in [9.17, 15) is 9.18 Å². The number of aromatic nitrogens is 1. The van der Waals surface area contributed by atoms with Gasteiger partial charge in [0, 0.05) is 17.6 Å². The molecule has 1 unspecified atom stereocenters. The van der Waals surface area contributed by atoms with E-state index in [1.165, 1.54) is 17.1 Å². The highest BCUT2D eigenvalue weighted by Crippen LogP contribution is 2.33. The van der Waals surface area contributed by atoms with E-state index in [1.54, 1.807) is 30.5 Å². The predicted octanol–water partition coefficient (Wildman–Crippen LogP) is 4.79. The number of hydrazone groups is 1. The van der Waals surface area contributed by atoms with E-state index in [0.29, 0.717) is 11.4 Å². The van der Waals surface area contributed by atoms with Crippen LogP contribution in [0.2, 0.25) is 5.02 Å². The molecule has 0 N–H and O–H groups in total. The number of rotatable bonds is 4. The molecule has 140 valence electrons. The van der Waals surface area contributed by atoms with Crippen LogP contribution in [0, 0.1) is 5.82 Å². The molecule has 3 aromatic rings. The van der Waals surface area contributed by atoms with Gasteiger partial charge in [-0.15, -0.1) is 0 Å². The monoisotopic (exact) mass is 393 g/mol. The van der Waals surface area contributed by atoms with Crippen LogP contribution in [0.4, 0.5) is 4.39 Å². The summed E-state index contributed by atoms with van der Waals surface area (Å²) in [5.41, 5.74) is 3.16. The Bertz CT molecular complexity index is 1000. The maximum absolute atomic E-state index is 13.4. The van der Waals surface area contributed by atoms with Crippen molar-refractivity contribution < 1.29 is 9.18 Å². The Hall–Kier alpha value is -3.05. The van der Waals surface area contributed by atoms with Crippen LogP contribution in [0.5, 0.6) is 0 Å². The first-order valence-corrected chi connectivity index (χ1v) is 9.29. The van der Waals surface area contributed by atoms with E-state index >= 15 is 0 Å². The number of benzene rings is 2. The lowest BCUT2D eigenvalue weighted by atomic mass is 10.00. The van der Waals surface area contributed by atoms with Gasteiger partial charge in [0.05, 0.1) is 23.9 Å². The molecule has 1 aromatic heterocycles. The van der Waals surface area contributed by atoms with Crippen LogP contribution in [0.3, 0.4) is 0 Å². The lowest BCUT2D eigenvalue weighted by Crippen LogP contribution is -2.28. The van der Waals surface area contributed by atoms with Gasteiger partial charge < -0.3 is 0 Å². The van der Waals surface area contributed by atoms with Crippen LogP contribution in [0.15, 0.2) is 78.0 Å². The topological polar surface area (TPSA) is 45.6 Å². The second-order valence-corrected chi connectivity index (χ2v) is 7.01. The van der Waals surface area contributed by atoms with Crippen molar-refractivity contribution in [2.45, 2.75) is 18.9 Å². The fourth-order valence-corrected chi connectivity index (χ4v) is 3.36. The number of carbonyl (C=O) groups is 1. The summed E-state index contributed by atoms with van der Waals surface area (Å²) in [6.07, 6.45) is 2.42. The number of halogens is 2. The van der Waals surface area contributed by atoms with Gasteiger partial charge in [0.25, 0.3) is 0 Å². The lowest BCUT2D eigenvalue weighted by Gasteiger charge is -2.22. The average molecular weight is 394 g/mol. The van der Waals surface area contributed by atoms with Crippen molar-refractivity contribution in [3.63, 3.8) is 0 Å². The van der Waals surface area contributed by atoms with Crippen molar-refractivity contribution in [3.8, 4) is 0 Å². The van der Waals surface area contributed by atoms with Crippen molar-refractivity contribution in [2.75, 3.05) is 0 Å². The van der Waals surface area contributed by atoms with Crippen molar-refractivity contribution in [3.05, 3.63) is 101 Å². The number of amides is 1. The van der Waals surface area contributed by atoms with Crippen LogP contribution >= 0.6 is 11.6 Å². The molecule has 4 rings (SSSR count). The smallest absolute Gasteiger partial charge is 0.247 e. The molecule has 4 nitrogen and oxygen atoms in total. The molecular formula is C22H17ClFN3O. The van der Waals surface area contributed by atoms with Gasteiger partial charge in [0.2, 0.25) is 5.91 Å². The Morgan fingerprint density at radius 1 is 1.07 bits per heavy atom. The highest BCUT2D eigenvalue weighted by molar-refractivity contribution is 6.30. The minimum Gasteiger partial charge on any atom is -0.273 e. The number of pyridine rings is 1. The van der Waals surface area contributed by atoms with Crippen LogP contribution in [0.1, 0.15) is 29.3 Å². The van der Waals surface area contributed by atoms with E-state index < -0.39 is 0 Å². The molecule has 2 aromatic carbocycles. The molecule has 1 atom stereocenters. The number of nitrogens with zero attached hydrogens (tertiary/aromatic N) is 3. The summed E-state index contributed by atoms with van der Waals surface area (Å²) in [5, 5.41) is 6.68. The molecule has 0 bridgehead atoms. The third-order valence-corrected chi connectivity index (χ3v) is 4.90. The lowest BCUT2D eigenvalue weighted by molar-refractivity contribution is -0.132. The first-order chi connectivity index (χ1) is 13.6. The molecule has 2 heterocycles. The van der Waals surface area contributed by atoms with Crippen LogP contribution in [0.25, 0.3) is 0 Å². The summed E-state index contributed by atoms with van der Waals surface area (Å²) >= 11 is 5.92. The molecule has 0 saturated heterocycles. The van der Waals surface area contributed by atoms with E-state index in [-0.39, 0.29) is 24.2 Å². The first kappa shape index (κ1) is 18.3. The van der Waals surface area contributed by atoms with E-state index in [0.717, 1.165) is 22.5 Å². The summed E-state index contributed by atoms with van der Waals surface area (Å²) in [5.74, 6) is -0.450. The van der Waals surface area contributed by atoms with Gasteiger partial charge in [-0.25, -0.2) is 9.40 Å². The maximum Gasteiger partial charge on any atom is 0.247 e. The standard InChI is InChI=1S/C22H17ClFN3O/c23-17-8-4-15(5-9-17)13-22(28)27-21(16-6-10-18(24)11-7-16)14-20(26-27)19-3-1-2-12-25-19/h1-12,21H,13-14H2. The predicted molar refractivity (Wildman–Crippen MR) is 107 cm³/mol. The van der Waals surface area contributed by atoms with Gasteiger partial charge >= 0.3 is 0 Å². The van der Waals surface area contributed by atoms with Crippen molar-refractivity contribution in [2.24, 2.45) is 5.10 Å². The first-order valence-electron chi connectivity index (χ1n) is 8.91. The SMILES string of the molecule is O=C(Cc1ccc(Cl)cc1)N1N=C(c2ccccn2)CC1c1ccc(F)cc1. The van der Waals surface area contributed by atoms with Gasteiger partial charge in [-0.05, 0) is 47.5 Å². The number of hydrogen-bond donors (Lipinski definition) is 0. The largest absolute Gasteiger partial charge is 0.273 e.